The van der Waals surface area contributed by atoms with Gasteiger partial charge in [0.15, 0.2) is 5.82 Å². The van der Waals surface area contributed by atoms with Gasteiger partial charge in [0, 0.05) is 11.1 Å². The van der Waals surface area contributed by atoms with E-state index in [1.807, 2.05) is 37.3 Å². The molecule has 0 aliphatic carbocycles. The van der Waals surface area contributed by atoms with E-state index in [1.54, 1.807) is 0 Å². The molecule has 4 heteroatoms. The second-order valence-electron chi connectivity index (χ2n) is 3.54. The van der Waals surface area contributed by atoms with Crippen LogP contribution in [0.15, 0.2) is 41.0 Å². The summed E-state index contributed by atoms with van der Waals surface area (Å²) in [6, 6.07) is 7.95. The van der Waals surface area contributed by atoms with Gasteiger partial charge in [-0.3, -0.25) is 5.10 Å². The lowest BCUT2D eigenvalue weighted by molar-refractivity contribution is 1.04. The first kappa shape index (κ1) is 8.23. The van der Waals surface area contributed by atoms with Crippen LogP contribution in [-0.4, -0.2) is 16.0 Å². The van der Waals surface area contributed by atoms with Crippen LogP contribution in [-0.2, 0) is 0 Å². The van der Waals surface area contributed by atoms with E-state index >= 15 is 0 Å². The van der Waals surface area contributed by atoms with Crippen molar-refractivity contribution in [3.63, 3.8) is 0 Å². The maximum atomic E-state index is 4.39. The Morgan fingerprint density at radius 2 is 2.07 bits per heavy atom. The van der Waals surface area contributed by atoms with Crippen LogP contribution < -0.4 is 5.32 Å². The van der Waals surface area contributed by atoms with Gasteiger partial charge < -0.3 is 5.32 Å². The molecule has 1 aliphatic rings. The molecule has 0 amide bonds. The highest BCUT2D eigenvalue weighted by Crippen LogP contribution is 2.23. The first-order chi connectivity index (χ1) is 7.33. The molecule has 0 atom stereocenters. The standard InChI is InChI=1S/C11H10N4/c1-7-6-10(12-7)13-11-8-4-2-3-5-9(8)14-15-11/h2-6H,1H3,(H2,12,13,14,15). The molecular formula is C11H10N4. The lowest BCUT2D eigenvalue weighted by Crippen LogP contribution is -2.29. The normalized spacial score (nSPS) is 17.4. The molecule has 0 spiro atoms. The maximum absolute atomic E-state index is 4.39. The lowest BCUT2D eigenvalue weighted by atomic mass is 10.2. The smallest absolute Gasteiger partial charge is 0.183 e. The molecule has 0 fully saturated rings. The number of allylic oxidation sites excluding steroid dienone is 1. The number of H-pyrrole nitrogens is 1. The minimum absolute atomic E-state index is 0.733. The zero-order valence-corrected chi connectivity index (χ0v) is 8.28. The molecule has 4 nitrogen and oxygen atoms in total. The zero-order valence-electron chi connectivity index (χ0n) is 8.28. The molecule has 1 aromatic heterocycles. The summed E-state index contributed by atoms with van der Waals surface area (Å²) in [4.78, 5) is 4.39. The second kappa shape index (κ2) is 2.95. The molecular weight excluding hydrogens is 188 g/mol. The molecule has 15 heavy (non-hydrogen) atoms. The number of benzene rings is 1. The summed E-state index contributed by atoms with van der Waals surface area (Å²) in [5, 5.41) is 11.3. The fraction of sp³-hybridized carbons (Fsp3) is 0.0909. The van der Waals surface area contributed by atoms with Crippen molar-refractivity contribution in [1.82, 2.24) is 15.5 Å². The third-order valence-corrected chi connectivity index (χ3v) is 2.36. The lowest BCUT2D eigenvalue weighted by Gasteiger charge is -2.14. The van der Waals surface area contributed by atoms with E-state index in [1.165, 1.54) is 0 Å². The van der Waals surface area contributed by atoms with E-state index in [0.717, 1.165) is 28.3 Å². The molecule has 0 bridgehead atoms. The highest BCUT2D eigenvalue weighted by molar-refractivity contribution is 6.03. The van der Waals surface area contributed by atoms with Crippen molar-refractivity contribution < 1.29 is 0 Å². The average Bonchev–Trinajstić information content (AvgIpc) is 2.60. The summed E-state index contributed by atoms with van der Waals surface area (Å²) in [6.45, 7) is 2.00. The topological polar surface area (TPSA) is 53.1 Å². The number of aromatic amines is 1. The van der Waals surface area contributed by atoms with Crippen LogP contribution in [0.4, 0.5) is 5.82 Å². The van der Waals surface area contributed by atoms with Gasteiger partial charge in [-0.05, 0) is 25.1 Å². The Balaban J connectivity index is 2.09. The van der Waals surface area contributed by atoms with Gasteiger partial charge >= 0.3 is 0 Å². The third-order valence-electron chi connectivity index (χ3n) is 2.36. The number of amidine groups is 1. The highest BCUT2D eigenvalue weighted by atomic mass is 15.2. The molecule has 2 heterocycles. The van der Waals surface area contributed by atoms with Crippen LogP contribution in [0.5, 0.6) is 0 Å². The first-order valence-electron chi connectivity index (χ1n) is 4.80. The quantitative estimate of drug-likeness (QED) is 0.737. The Bertz CT molecular complexity index is 577. The number of fused-ring (bicyclic) bond motifs is 1. The molecule has 74 valence electrons. The van der Waals surface area contributed by atoms with Crippen LogP contribution >= 0.6 is 0 Å². The van der Waals surface area contributed by atoms with Crippen molar-refractivity contribution >= 4 is 22.6 Å². The van der Waals surface area contributed by atoms with Crippen molar-refractivity contribution in [2.45, 2.75) is 6.92 Å². The number of nitrogens with one attached hydrogen (secondary N) is 2. The molecule has 3 rings (SSSR count). The van der Waals surface area contributed by atoms with Crippen LogP contribution in [0.2, 0.25) is 0 Å². The number of aromatic nitrogens is 2. The van der Waals surface area contributed by atoms with Crippen molar-refractivity contribution in [2.75, 3.05) is 0 Å². The van der Waals surface area contributed by atoms with Gasteiger partial charge in [0.2, 0.25) is 0 Å². The van der Waals surface area contributed by atoms with Crippen molar-refractivity contribution in [3.8, 4) is 0 Å². The molecule has 0 radical (unpaired) electrons. The number of nitrogens with zero attached hydrogens (tertiary/aromatic N) is 2. The second-order valence-corrected chi connectivity index (χ2v) is 3.54. The Kier molecular flexibility index (Phi) is 1.62. The van der Waals surface area contributed by atoms with E-state index in [-0.39, 0.29) is 0 Å². The molecule has 0 unspecified atom stereocenters. The van der Waals surface area contributed by atoms with E-state index in [0.29, 0.717) is 0 Å². The summed E-state index contributed by atoms with van der Waals surface area (Å²) >= 11 is 0. The Morgan fingerprint density at radius 3 is 2.87 bits per heavy atom. The SMILES string of the molecule is CC1=CC(=Nc2n[nH]c3ccccc23)N1. The monoisotopic (exact) mass is 198 g/mol. The predicted octanol–water partition coefficient (Wildman–Crippen LogP) is 2.10. The molecule has 1 aliphatic heterocycles. The van der Waals surface area contributed by atoms with Crippen molar-refractivity contribution in [1.29, 1.82) is 0 Å². The molecule has 2 aromatic rings. The van der Waals surface area contributed by atoms with Gasteiger partial charge in [-0.25, -0.2) is 4.99 Å². The summed E-state index contributed by atoms with van der Waals surface area (Å²) in [6.07, 6.45) is 1.99. The fourth-order valence-electron chi connectivity index (χ4n) is 1.61. The minimum Gasteiger partial charge on any atom is -0.344 e. The molecule has 1 aromatic carbocycles. The number of hydrogen-bond donors (Lipinski definition) is 2. The summed E-state index contributed by atoms with van der Waals surface area (Å²) in [5.41, 5.74) is 2.14. The number of aliphatic imine (C=N–C) groups is 1. The van der Waals surface area contributed by atoms with E-state index in [2.05, 4.69) is 20.5 Å². The molecule has 0 saturated heterocycles. The fourth-order valence-corrected chi connectivity index (χ4v) is 1.61. The Labute approximate surface area is 86.7 Å². The number of hydrogen-bond acceptors (Lipinski definition) is 2. The summed E-state index contributed by atoms with van der Waals surface area (Å²) in [7, 11) is 0. The van der Waals surface area contributed by atoms with E-state index in [9.17, 15) is 0 Å². The highest BCUT2D eigenvalue weighted by Gasteiger charge is 2.09. The minimum atomic E-state index is 0.733. The number of rotatable bonds is 1. The summed E-state index contributed by atoms with van der Waals surface area (Å²) < 4.78 is 0. The van der Waals surface area contributed by atoms with Gasteiger partial charge in [0.25, 0.3) is 0 Å². The van der Waals surface area contributed by atoms with Crippen LogP contribution in [0.1, 0.15) is 6.92 Å². The first-order valence-corrected chi connectivity index (χ1v) is 4.80. The van der Waals surface area contributed by atoms with E-state index in [4.69, 9.17) is 0 Å². The third kappa shape index (κ3) is 1.30. The largest absolute Gasteiger partial charge is 0.344 e. The van der Waals surface area contributed by atoms with Gasteiger partial charge in [-0.15, -0.1) is 0 Å². The van der Waals surface area contributed by atoms with Crippen LogP contribution in [0.25, 0.3) is 10.9 Å². The zero-order chi connectivity index (χ0) is 10.3. The van der Waals surface area contributed by atoms with Crippen LogP contribution in [0, 0.1) is 0 Å². The predicted molar refractivity (Wildman–Crippen MR) is 60.1 cm³/mol. The molecule has 0 saturated carbocycles. The van der Waals surface area contributed by atoms with Gasteiger partial charge in [0.05, 0.1) is 5.52 Å². The van der Waals surface area contributed by atoms with Gasteiger partial charge in [-0.1, -0.05) is 12.1 Å². The maximum Gasteiger partial charge on any atom is 0.183 e. The van der Waals surface area contributed by atoms with Crippen molar-refractivity contribution in [3.05, 3.63) is 36.0 Å². The van der Waals surface area contributed by atoms with Crippen molar-refractivity contribution in [2.24, 2.45) is 4.99 Å². The molecule has 2 N–H and O–H groups in total. The van der Waals surface area contributed by atoms with Gasteiger partial charge in [0.1, 0.15) is 5.84 Å². The van der Waals surface area contributed by atoms with E-state index < -0.39 is 0 Å². The number of para-hydroxylation sites is 1. The Hall–Kier alpha value is -2.10. The summed E-state index contributed by atoms with van der Waals surface area (Å²) in [5.74, 6) is 1.60. The van der Waals surface area contributed by atoms with Gasteiger partial charge in [-0.2, -0.15) is 5.10 Å². The van der Waals surface area contributed by atoms with Crippen LogP contribution in [0.3, 0.4) is 0 Å². The Morgan fingerprint density at radius 1 is 1.27 bits per heavy atom. The average molecular weight is 198 g/mol.